The van der Waals surface area contributed by atoms with Crippen LogP contribution in [0.25, 0.3) is 0 Å². The predicted octanol–water partition coefficient (Wildman–Crippen LogP) is 2.55. The minimum Gasteiger partial charge on any atom is -0.497 e. The number of hydrazone groups is 1. The lowest BCUT2D eigenvalue weighted by molar-refractivity contribution is 0.0529. The van der Waals surface area contributed by atoms with Crippen molar-refractivity contribution in [2.24, 2.45) is 5.10 Å². The van der Waals surface area contributed by atoms with E-state index in [4.69, 9.17) is 9.47 Å². The third kappa shape index (κ3) is 5.34. The summed E-state index contributed by atoms with van der Waals surface area (Å²) in [6.07, 6.45) is 0.938. The molecule has 0 aliphatic rings. The molecule has 0 aromatic heterocycles. The number of nitrogens with zero attached hydrogens (tertiary/aromatic N) is 1. The molecular weight excluding hydrogens is 232 g/mol. The van der Waals surface area contributed by atoms with Gasteiger partial charge in [-0.15, -0.1) is 0 Å². The molecule has 0 spiro atoms. The fourth-order valence-corrected chi connectivity index (χ4v) is 1.18. The maximum atomic E-state index is 11.3. The van der Waals surface area contributed by atoms with Crippen molar-refractivity contribution in [1.29, 1.82) is 0 Å². The first kappa shape index (κ1) is 14.0. The van der Waals surface area contributed by atoms with Crippen LogP contribution in [0, 0.1) is 0 Å². The van der Waals surface area contributed by atoms with Crippen LogP contribution in [0.2, 0.25) is 0 Å². The number of carbonyl (C=O) groups excluding carboxylic acids is 1. The van der Waals surface area contributed by atoms with Crippen molar-refractivity contribution in [1.82, 2.24) is 5.43 Å². The summed E-state index contributed by atoms with van der Waals surface area (Å²) in [5.41, 5.74) is 2.58. The Kier molecular flexibility index (Phi) is 4.71. The number of hydrogen-bond acceptors (Lipinski definition) is 4. The molecule has 0 aliphatic carbocycles. The summed E-state index contributed by atoms with van der Waals surface area (Å²) in [5.74, 6) is 0.733. The van der Waals surface area contributed by atoms with Gasteiger partial charge >= 0.3 is 6.09 Å². The summed E-state index contributed by atoms with van der Waals surface area (Å²) >= 11 is 0. The van der Waals surface area contributed by atoms with Crippen LogP contribution in [-0.4, -0.2) is 25.0 Å². The van der Waals surface area contributed by atoms with Gasteiger partial charge in [0, 0.05) is 0 Å². The third-order valence-corrected chi connectivity index (χ3v) is 1.86. The Morgan fingerprint density at radius 2 is 2.11 bits per heavy atom. The Balaban J connectivity index is 2.52. The lowest BCUT2D eigenvalue weighted by Gasteiger charge is -2.18. The number of carbonyl (C=O) groups is 1. The van der Waals surface area contributed by atoms with E-state index in [0.29, 0.717) is 0 Å². The van der Waals surface area contributed by atoms with Gasteiger partial charge < -0.3 is 9.47 Å². The van der Waals surface area contributed by atoms with E-state index < -0.39 is 11.7 Å². The molecule has 0 fully saturated rings. The molecule has 0 radical (unpaired) electrons. The minimum absolute atomic E-state index is 0.532. The van der Waals surface area contributed by atoms with E-state index in [0.717, 1.165) is 11.3 Å². The van der Waals surface area contributed by atoms with Crippen molar-refractivity contribution >= 4 is 12.3 Å². The molecule has 1 rings (SSSR count). The maximum Gasteiger partial charge on any atom is 0.428 e. The van der Waals surface area contributed by atoms with E-state index in [-0.39, 0.29) is 0 Å². The fourth-order valence-electron chi connectivity index (χ4n) is 1.18. The Morgan fingerprint density at radius 3 is 2.72 bits per heavy atom. The molecule has 1 N–H and O–H groups in total. The van der Waals surface area contributed by atoms with Crippen LogP contribution >= 0.6 is 0 Å². The third-order valence-electron chi connectivity index (χ3n) is 1.86. The second kappa shape index (κ2) is 6.05. The molecule has 5 nitrogen and oxygen atoms in total. The van der Waals surface area contributed by atoms with Crippen molar-refractivity contribution in [3.8, 4) is 5.75 Å². The van der Waals surface area contributed by atoms with Gasteiger partial charge in [-0.2, -0.15) is 5.10 Å². The van der Waals surface area contributed by atoms with Gasteiger partial charge in [0.15, 0.2) is 0 Å². The first-order valence-electron chi connectivity index (χ1n) is 5.57. The number of ether oxygens (including phenoxy) is 2. The first-order valence-corrected chi connectivity index (χ1v) is 5.57. The fraction of sp³-hybridized carbons (Fsp3) is 0.385. The van der Waals surface area contributed by atoms with Crippen LogP contribution in [0.15, 0.2) is 29.4 Å². The molecule has 5 heteroatoms. The largest absolute Gasteiger partial charge is 0.497 e. The quantitative estimate of drug-likeness (QED) is 0.662. The SMILES string of the molecule is COc1cccc(/C=N/NC(=O)OC(C)(C)C)c1. The molecule has 0 saturated carbocycles. The number of hydrogen-bond donors (Lipinski definition) is 1. The van der Waals surface area contributed by atoms with Gasteiger partial charge in [-0.25, -0.2) is 10.2 Å². The van der Waals surface area contributed by atoms with E-state index in [1.807, 2.05) is 18.2 Å². The van der Waals surface area contributed by atoms with Crippen LogP contribution in [-0.2, 0) is 4.74 Å². The lowest BCUT2D eigenvalue weighted by Crippen LogP contribution is -2.29. The Hall–Kier alpha value is -2.04. The highest BCUT2D eigenvalue weighted by molar-refractivity contribution is 5.81. The maximum absolute atomic E-state index is 11.3. The van der Waals surface area contributed by atoms with Gasteiger partial charge in [-0.05, 0) is 38.5 Å². The second-order valence-corrected chi connectivity index (χ2v) is 4.65. The molecule has 18 heavy (non-hydrogen) atoms. The number of rotatable bonds is 3. The Labute approximate surface area is 107 Å². The molecule has 0 saturated heterocycles. The summed E-state index contributed by atoms with van der Waals surface area (Å²) in [4.78, 5) is 11.3. The van der Waals surface area contributed by atoms with Crippen molar-refractivity contribution < 1.29 is 14.3 Å². The summed E-state index contributed by atoms with van der Waals surface area (Å²) in [6, 6.07) is 7.33. The van der Waals surface area contributed by atoms with E-state index in [1.165, 1.54) is 6.21 Å². The van der Waals surface area contributed by atoms with Crippen molar-refractivity contribution in [2.75, 3.05) is 7.11 Å². The van der Waals surface area contributed by atoms with Crippen LogP contribution in [0.3, 0.4) is 0 Å². The van der Waals surface area contributed by atoms with E-state index in [1.54, 1.807) is 33.9 Å². The van der Waals surface area contributed by atoms with Crippen molar-refractivity contribution in [3.05, 3.63) is 29.8 Å². The smallest absolute Gasteiger partial charge is 0.428 e. The zero-order valence-corrected chi connectivity index (χ0v) is 11.1. The standard InChI is InChI=1S/C13H18N2O3/c1-13(2,3)18-12(16)15-14-9-10-6-5-7-11(8-10)17-4/h5-9H,1-4H3,(H,15,16)/b14-9+. The molecule has 0 unspecified atom stereocenters. The molecule has 1 aromatic rings. The lowest BCUT2D eigenvalue weighted by atomic mass is 10.2. The molecule has 98 valence electrons. The average Bonchev–Trinajstić information content (AvgIpc) is 2.27. The van der Waals surface area contributed by atoms with Gasteiger partial charge in [0.05, 0.1) is 13.3 Å². The topological polar surface area (TPSA) is 59.9 Å². The summed E-state index contributed by atoms with van der Waals surface area (Å²) < 4.78 is 10.1. The number of nitrogens with one attached hydrogen (secondary N) is 1. The van der Waals surface area contributed by atoms with E-state index in [9.17, 15) is 4.79 Å². The summed E-state index contributed by atoms with van der Waals surface area (Å²) in [5, 5.41) is 3.80. The van der Waals surface area contributed by atoms with Crippen LogP contribution in [0.4, 0.5) is 4.79 Å². The number of methoxy groups -OCH3 is 1. The predicted molar refractivity (Wildman–Crippen MR) is 70.0 cm³/mol. The molecule has 1 aromatic carbocycles. The van der Waals surface area contributed by atoms with Gasteiger partial charge in [0.2, 0.25) is 0 Å². The highest BCUT2D eigenvalue weighted by Gasteiger charge is 2.15. The first-order chi connectivity index (χ1) is 8.40. The van der Waals surface area contributed by atoms with Crippen LogP contribution < -0.4 is 10.2 Å². The van der Waals surface area contributed by atoms with E-state index >= 15 is 0 Å². The minimum atomic E-state index is -0.582. The van der Waals surface area contributed by atoms with Crippen molar-refractivity contribution in [3.63, 3.8) is 0 Å². The molecule has 0 bridgehead atoms. The van der Waals surface area contributed by atoms with Crippen molar-refractivity contribution in [2.45, 2.75) is 26.4 Å². The van der Waals surface area contributed by atoms with Gasteiger partial charge in [0.1, 0.15) is 11.4 Å². The monoisotopic (exact) mass is 250 g/mol. The molecule has 0 atom stereocenters. The zero-order chi connectivity index (χ0) is 13.6. The molecule has 0 aliphatic heterocycles. The van der Waals surface area contributed by atoms with E-state index in [2.05, 4.69) is 10.5 Å². The summed E-state index contributed by atoms with van der Waals surface area (Å²) in [7, 11) is 1.59. The van der Waals surface area contributed by atoms with Gasteiger partial charge in [0.25, 0.3) is 0 Å². The van der Waals surface area contributed by atoms with Gasteiger partial charge in [-0.3, -0.25) is 0 Å². The van der Waals surface area contributed by atoms with Crippen LogP contribution in [0.5, 0.6) is 5.75 Å². The Morgan fingerprint density at radius 1 is 1.39 bits per heavy atom. The Bertz CT molecular complexity index is 436. The van der Waals surface area contributed by atoms with Gasteiger partial charge in [-0.1, -0.05) is 12.1 Å². The molecule has 0 heterocycles. The number of amides is 1. The van der Waals surface area contributed by atoms with Crippen LogP contribution in [0.1, 0.15) is 26.3 Å². The second-order valence-electron chi connectivity index (χ2n) is 4.65. The normalized spacial score (nSPS) is 11.3. The molecule has 1 amide bonds. The number of benzene rings is 1. The average molecular weight is 250 g/mol. The highest BCUT2D eigenvalue weighted by atomic mass is 16.6. The zero-order valence-electron chi connectivity index (χ0n) is 11.1. The summed E-state index contributed by atoms with van der Waals surface area (Å²) in [6.45, 7) is 5.37. The highest BCUT2D eigenvalue weighted by Crippen LogP contribution is 2.10. The molecular formula is C13H18N2O3.